The van der Waals surface area contributed by atoms with E-state index in [0.29, 0.717) is 6.61 Å². The molecular formula is C21H21LiO2. The number of hydrogen-bond acceptors (Lipinski definition) is 2. The van der Waals surface area contributed by atoms with Gasteiger partial charge in [0.2, 0.25) is 0 Å². The van der Waals surface area contributed by atoms with Gasteiger partial charge in [0.1, 0.15) is 0 Å². The maximum atomic E-state index is 5.81. The molecule has 3 aromatic rings. The molecule has 0 aliphatic rings. The molecule has 0 aliphatic carbocycles. The van der Waals surface area contributed by atoms with Gasteiger partial charge < -0.3 is 9.47 Å². The molecule has 0 atom stereocenters. The fourth-order valence-corrected chi connectivity index (χ4v) is 2.82. The van der Waals surface area contributed by atoms with E-state index in [2.05, 4.69) is 62.4 Å². The Bertz CT molecular complexity index is 827. The van der Waals surface area contributed by atoms with Crippen LogP contribution < -0.4 is 23.6 Å². The first-order valence-electron chi connectivity index (χ1n) is 7.92. The van der Waals surface area contributed by atoms with Crippen molar-refractivity contribution in [2.24, 2.45) is 0 Å². The quantitative estimate of drug-likeness (QED) is 0.311. The molecule has 0 amide bonds. The van der Waals surface area contributed by atoms with Gasteiger partial charge in [0.15, 0.2) is 6.79 Å². The van der Waals surface area contributed by atoms with E-state index in [-0.39, 0.29) is 25.7 Å². The summed E-state index contributed by atoms with van der Waals surface area (Å²) in [7, 11) is 0. The maximum Gasteiger partial charge on any atom is 1.00 e. The van der Waals surface area contributed by atoms with E-state index in [0.717, 1.165) is 16.9 Å². The summed E-state index contributed by atoms with van der Waals surface area (Å²) < 4.78 is 11.1. The van der Waals surface area contributed by atoms with Crippen LogP contribution in [0.4, 0.5) is 0 Å². The monoisotopic (exact) mass is 312 g/mol. The van der Waals surface area contributed by atoms with Gasteiger partial charge in [-0.3, -0.25) is 0 Å². The third-order valence-corrected chi connectivity index (χ3v) is 3.94. The predicted molar refractivity (Wildman–Crippen MR) is 94.8 cm³/mol. The van der Waals surface area contributed by atoms with E-state index < -0.39 is 0 Å². The predicted octanol–water partition coefficient (Wildman–Crippen LogP) is 2.30. The molecule has 0 aromatic heterocycles. The van der Waals surface area contributed by atoms with Crippen molar-refractivity contribution in [2.45, 2.75) is 20.8 Å². The van der Waals surface area contributed by atoms with Crippen LogP contribution >= 0.6 is 0 Å². The minimum Gasteiger partial charge on any atom is -0.493 e. The molecule has 3 rings (SSSR count). The number of ether oxygens (including phenoxy) is 2. The van der Waals surface area contributed by atoms with Crippen LogP contribution in [0.15, 0.2) is 48.5 Å². The van der Waals surface area contributed by atoms with Gasteiger partial charge in [0, 0.05) is 12.4 Å². The summed E-state index contributed by atoms with van der Waals surface area (Å²) in [5, 5.41) is 2.46. The molecule has 0 bridgehead atoms. The van der Waals surface area contributed by atoms with Gasteiger partial charge in [-0.15, -0.1) is 6.07 Å². The fourth-order valence-electron chi connectivity index (χ4n) is 2.82. The van der Waals surface area contributed by atoms with Gasteiger partial charge in [0.25, 0.3) is 0 Å². The first-order valence-corrected chi connectivity index (χ1v) is 7.92. The van der Waals surface area contributed by atoms with Gasteiger partial charge >= 0.3 is 18.9 Å². The Labute approximate surface area is 156 Å². The van der Waals surface area contributed by atoms with Crippen LogP contribution in [0.5, 0.6) is 5.75 Å². The zero-order chi connectivity index (χ0) is 16.2. The number of hydrogen-bond donors (Lipinski definition) is 0. The Morgan fingerprint density at radius 2 is 1.83 bits per heavy atom. The van der Waals surface area contributed by atoms with Crippen molar-refractivity contribution in [3.63, 3.8) is 0 Å². The molecule has 0 radical (unpaired) electrons. The molecule has 3 aromatic carbocycles. The normalized spacial score (nSPS) is 10.5. The van der Waals surface area contributed by atoms with Gasteiger partial charge in [0.05, 0.1) is 0 Å². The summed E-state index contributed by atoms with van der Waals surface area (Å²) in [6, 6.07) is 20.1. The Morgan fingerprint density at radius 1 is 1.04 bits per heavy atom. The van der Waals surface area contributed by atoms with Crippen LogP contribution in [0.2, 0.25) is 0 Å². The van der Waals surface area contributed by atoms with Crippen molar-refractivity contribution < 1.29 is 28.3 Å². The average Bonchev–Trinajstić information content (AvgIpc) is 2.56. The molecule has 0 fully saturated rings. The van der Waals surface area contributed by atoms with Crippen LogP contribution in [0.25, 0.3) is 21.9 Å². The zero-order valence-electron chi connectivity index (χ0n) is 14.8. The second-order valence-electron chi connectivity index (χ2n) is 5.65. The van der Waals surface area contributed by atoms with Crippen molar-refractivity contribution in [2.75, 3.05) is 13.4 Å². The van der Waals surface area contributed by atoms with Crippen molar-refractivity contribution >= 4 is 10.8 Å². The Balaban J connectivity index is 0.00000208. The van der Waals surface area contributed by atoms with Crippen molar-refractivity contribution in [3.8, 4) is 16.9 Å². The van der Waals surface area contributed by atoms with Gasteiger partial charge in [-0.25, -0.2) is 0 Å². The first-order chi connectivity index (χ1) is 11.2. The molecule has 0 saturated carbocycles. The third kappa shape index (κ3) is 3.84. The summed E-state index contributed by atoms with van der Waals surface area (Å²) >= 11 is 0. The minimum absolute atomic E-state index is 0. The van der Waals surface area contributed by atoms with Crippen LogP contribution in [-0.4, -0.2) is 13.4 Å². The number of benzene rings is 3. The fraction of sp³-hybridized carbons (Fsp3) is 0.238. The number of rotatable bonds is 5. The molecule has 0 heterocycles. The summed E-state index contributed by atoms with van der Waals surface area (Å²) in [6.45, 7) is 7.04. The van der Waals surface area contributed by atoms with E-state index in [1.165, 1.54) is 21.9 Å². The molecule has 118 valence electrons. The van der Waals surface area contributed by atoms with Crippen LogP contribution in [0.3, 0.4) is 0 Å². The van der Waals surface area contributed by atoms with Crippen molar-refractivity contribution in [1.29, 1.82) is 0 Å². The molecule has 24 heavy (non-hydrogen) atoms. The standard InChI is InChI=1S/C21H21O2.Li/c1-4-22-14-23-20-12-9-15(2)13-19(20)21-16(3)10-11-17-7-5-6-8-18(17)21;/h5-11,13H,4,14H2,1-3H3;/q-1;+1. The van der Waals surface area contributed by atoms with E-state index in [9.17, 15) is 0 Å². The first kappa shape index (κ1) is 18.6. The average molecular weight is 312 g/mol. The molecule has 0 unspecified atom stereocenters. The Kier molecular flexibility index (Phi) is 6.51. The second-order valence-corrected chi connectivity index (χ2v) is 5.65. The van der Waals surface area contributed by atoms with Gasteiger partial charge in [-0.1, -0.05) is 60.0 Å². The smallest absolute Gasteiger partial charge is 0.493 e. The van der Waals surface area contributed by atoms with Crippen LogP contribution in [0.1, 0.15) is 18.1 Å². The maximum absolute atomic E-state index is 5.81. The van der Waals surface area contributed by atoms with Crippen LogP contribution in [-0.2, 0) is 4.74 Å². The molecule has 2 nitrogen and oxygen atoms in total. The van der Waals surface area contributed by atoms with E-state index in [1.54, 1.807) is 0 Å². The largest absolute Gasteiger partial charge is 1.00 e. The Hall–Kier alpha value is -1.72. The summed E-state index contributed by atoms with van der Waals surface area (Å²) in [6.07, 6.45) is 0. The molecule has 0 saturated heterocycles. The molecule has 0 N–H and O–H groups in total. The molecule has 0 spiro atoms. The minimum atomic E-state index is 0. The van der Waals surface area contributed by atoms with Crippen molar-refractivity contribution in [3.05, 3.63) is 65.7 Å². The zero-order valence-corrected chi connectivity index (χ0v) is 14.8. The topological polar surface area (TPSA) is 18.5 Å². The van der Waals surface area contributed by atoms with Crippen molar-refractivity contribution in [1.82, 2.24) is 0 Å². The van der Waals surface area contributed by atoms with Gasteiger partial charge in [-0.05, 0) is 24.6 Å². The van der Waals surface area contributed by atoms with E-state index >= 15 is 0 Å². The number of fused-ring (bicyclic) bond motifs is 1. The van der Waals surface area contributed by atoms with E-state index in [1.807, 2.05) is 13.0 Å². The van der Waals surface area contributed by atoms with Gasteiger partial charge in [-0.2, -0.15) is 17.7 Å². The molecular weight excluding hydrogens is 291 g/mol. The third-order valence-electron chi connectivity index (χ3n) is 3.94. The molecule has 3 heteroatoms. The van der Waals surface area contributed by atoms with E-state index in [4.69, 9.17) is 9.47 Å². The SMILES string of the molecule is CCOCOc1[c-]cc(C)cc1-c1c(C)ccc2ccccc12.[Li+]. The summed E-state index contributed by atoms with van der Waals surface area (Å²) in [5.74, 6) is 0.739. The summed E-state index contributed by atoms with van der Waals surface area (Å²) in [4.78, 5) is 0. The second kappa shape index (κ2) is 8.40. The Morgan fingerprint density at radius 3 is 2.62 bits per heavy atom. The number of aryl methyl sites for hydroxylation is 2. The molecule has 0 aliphatic heterocycles. The van der Waals surface area contributed by atoms with Crippen LogP contribution in [0, 0.1) is 19.9 Å². The summed E-state index contributed by atoms with van der Waals surface area (Å²) in [5.41, 5.74) is 4.66.